The van der Waals surface area contributed by atoms with Gasteiger partial charge < -0.3 is 9.84 Å². The first kappa shape index (κ1) is 20.7. The standard InChI is InChI=1S/C24H41BrO2/c1-4-27-15-24(26)12-10-18-17(13-24)5-6-20-19(18)9-11-23(3)21(16(2)14-25)7-8-22(20)23/h16-22,26H,4-15H2,1-3H3/t16?,17-,18+,19-,20-,21?,22+,23-,24-/m1/s1. The van der Waals surface area contributed by atoms with E-state index in [-0.39, 0.29) is 0 Å². The van der Waals surface area contributed by atoms with Gasteiger partial charge in [0.15, 0.2) is 0 Å². The van der Waals surface area contributed by atoms with E-state index < -0.39 is 5.60 Å². The number of fused-ring (bicyclic) bond motifs is 5. The molecule has 4 aliphatic rings. The Morgan fingerprint density at radius 3 is 2.56 bits per heavy atom. The molecule has 2 nitrogen and oxygen atoms in total. The van der Waals surface area contributed by atoms with Gasteiger partial charge >= 0.3 is 0 Å². The van der Waals surface area contributed by atoms with Crippen LogP contribution in [0.25, 0.3) is 0 Å². The van der Waals surface area contributed by atoms with Crippen LogP contribution in [0.4, 0.5) is 0 Å². The average Bonchev–Trinajstić information content (AvgIpc) is 3.02. The molecule has 0 bridgehead atoms. The molecular weight excluding hydrogens is 400 g/mol. The van der Waals surface area contributed by atoms with Crippen molar-refractivity contribution in [1.82, 2.24) is 0 Å². The predicted molar refractivity (Wildman–Crippen MR) is 115 cm³/mol. The van der Waals surface area contributed by atoms with Crippen LogP contribution in [-0.4, -0.2) is 29.3 Å². The van der Waals surface area contributed by atoms with Gasteiger partial charge in [0.1, 0.15) is 0 Å². The molecule has 0 saturated heterocycles. The van der Waals surface area contributed by atoms with Gasteiger partial charge in [-0.1, -0.05) is 29.8 Å². The zero-order valence-corrected chi connectivity index (χ0v) is 19.3. The quantitative estimate of drug-likeness (QED) is 0.526. The Hall–Kier alpha value is 0.400. The molecule has 0 aromatic carbocycles. The van der Waals surface area contributed by atoms with Crippen molar-refractivity contribution in [1.29, 1.82) is 0 Å². The number of ether oxygens (including phenoxy) is 1. The maximum Gasteiger partial charge on any atom is 0.0883 e. The van der Waals surface area contributed by atoms with E-state index in [0.717, 1.165) is 66.2 Å². The van der Waals surface area contributed by atoms with Crippen LogP contribution in [0.1, 0.15) is 78.6 Å². The van der Waals surface area contributed by atoms with Gasteiger partial charge in [-0.05, 0) is 112 Å². The lowest BCUT2D eigenvalue weighted by atomic mass is 9.48. The Morgan fingerprint density at radius 2 is 1.81 bits per heavy atom. The summed E-state index contributed by atoms with van der Waals surface area (Å²) in [6.07, 6.45) is 11.8. The summed E-state index contributed by atoms with van der Waals surface area (Å²) in [6.45, 7) is 8.42. The number of halogens is 1. The Labute approximate surface area is 175 Å². The van der Waals surface area contributed by atoms with Crippen LogP contribution >= 0.6 is 15.9 Å². The highest BCUT2D eigenvalue weighted by molar-refractivity contribution is 9.09. The van der Waals surface area contributed by atoms with Crippen molar-refractivity contribution in [3.63, 3.8) is 0 Å². The zero-order chi connectivity index (χ0) is 19.2. The summed E-state index contributed by atoms with van der Waals surface area (Å²) in [4.78, 5) is 0. The zero-order valence-electron chi connectivity index (χ0n) is 17.8. The molecule has 0 aromatic rings. The molecule has 4 aliphatic carbocycles. The topological polar surface area (TPSA) is 29.5 Å². The molecule has 0 heterocycles. The van der Waals surface area contributed by atoms with Crippen LogP contribution in [0.2, 0.25) is 0 Å². The van der Waals surface area contributed by atoms with Gasteiger partial charge in [-0.25, -0.2) is 0 Å². The lowest BCUT2D eigenvalue weighted by molar-refractivity contribution is -0.129. The highest BCUT2D eigenvalue weighted by Gasteiger charge is 2.58. The number of hydrogen-bond donors (Lipinski definition) is 1. The molecule has 3 heteroatoms. The number of aliphatic hydroxyl groups is 1. The second-order valence-corrected chi connectivity index (χ2v) is 11.5. The molecule has 9 atom stereocenters. The molecule has 2 unspecified atom stereocenters. The fourth-order valence-corrected chi connectivity index (χ4v) is 8.92. The van der Waals surface area contributed by atoms with Crippen molar-refractivity contribution in [3.05, 3.63) is 0 Å². The lowest BCUT2D eigenvalue weighted by Gasteiger charge is -2.57. The summed E-state index contributed by atoms with van der Waals surface area (Å²) < 4.78 is 5.62. The Bertz CT molecular complexity index is 525. The fourth-order valence-electron chi connectivity index (χ4n) is 8.47. The minimum atomic E-state index is -0.545. The first-order valence-electron chi connectivity index (χ1n) is 11.8. The Balaban J connectivity index is 1.46. The molecule has 27 heavy (non-hydrogen) atoms. The molecule has 0 amide bonds. The minimum absolute atomic E-state index is 0.545. The van der Waals surface area contributed by atoms with Crippen LogP contribution in [0, 0.1) is 46.8 Å². The van der Waals surface area contributed by atoms with Crippen LogP contribution in [0.15, 0.2) is 0 Å². The van der Waals surface area contributed by atoms with Gasteiger partial charge in [-0.2, -0.15) is 0 Å². The second-order valence-electron chi connectivity index (χ2n) is 10.9. The van der Waals surface area contributed by atoms with Crippen molar-refractivity contribution < 1.29 is 9.84 Å². The summed E-state index contributed by atoms with van der Waals surface area (Å²) in [6, 6.07) is 0. The molecule has 4 fully saturated rings. The summed E-state index contributed by atoms with van der Waals surface area (Å²) in [5.41, 5.74) is 0.0442. The summed E-state index contributed by atoms with van der Waals surface area (Å²) in [5.74, 6) is 6.23. The molecule has 4 rings (SSSR count). The summed E-state index contributed by atoms with van der Waals surface area (Å²) >= 11 is 3.77. The largest absolute Gasteiger partial charge is 0.387 e. The Morgan fingerprint density at radius 1 is 1.04 bits per heavy atom. The maximum atomic E-state index is 11.0. The molecule has 0 radical (unpaired) electrons. The third kappa shape index (κ3) is 3.56. The molecule has 0 aromatic heterocycles. The first-order chi connectivity index (χ1) is 12.9. The maximum absolute atomic E-state index is 11.0. The average molecular weight is 441 g/mol. The van der Waals surface area contributed by atoms with Crippen molar-refractivity contribution in [2.45, 2.75) is 84.2 Å². The predicted octanol–water partition coefficient (Wildman–Crippen LogP) is 6.05. The monoisotopic (exact) mass is 440 g/mol. The molecule has 0 spiro atoms. The molecular formula is C24H41BrO2. The first-order valence-corrected chi connectivity index (χ1v) is 12.9. The van der Waals surface area contributed by atoms with Crippen molar-refractivity contribution in [2.75, 3.05) is 18.5 Å². The van der Waals surface area contributed by atoms with Gasteiger partial charge in [0.05, 0.1) is 12.2 Å². The van der Waals surface area contributed by atoms with Crippen LogP contribution in [0.3, 0.4) is 0 Å². The molecule has 4 saturated carbocycles. The number of hydrogen-bond acceptors (Lipinski definition) is 2. The van der Waals surface area contributed by atoms with Gasteiger partial charge in [-0.15, -0.1) is 0 Å². The SMILES string of the molecule is CCOC[C@@]1(O)CC[C@H]2[C@H](CC[C@@H]3[C@@H]2CC[C@]2(C)C(C(C)CBr)CC[C@@H]32)C1. The van der Waals surface area contributed by atoms with E-state index in [4.69, 9.17) is 4.74 Å². The third-order valence-corrected chi connectivity index (χ3v) is 10.7. The van der Waals surface area contributed by atoms with Crippen molar-refractivity contribution in [2.24, 2.45) is 46.8 Å². The van der Waals surface area contributed by atoms with Gasteiger partial charge in [0, 0.05) is 11.9 Å². The Kier molecular flexibility index (Phi) is 6.05. The fraction of sp³-hybridized carbons (Fsp3) is 1.00. The smallest absolute Gasteiger partial charge is 0.0883 e. The van der Waals surface area contributed by atoms with E-state index >= 15 is 0 Å². The third-order valence-electron chi connectivity index (χ3n) is 9.68. The van der Waals surface area contributed by atoms with Crippen LogP contribution < -0.4 is 0 Å². The summed E-state index contributed by atoms with van der Waals surface area (Å²) in [5, 5.41) is 12.2. The number of rotatable bonds is 5. The van der Waals surface area contributed by atoms with Crippen LogP contribution in [0.5, 0.6) is 0 Å². The molecule has 156 valence electrons. The van der Waals surface area contributed by atoms with E-state index in [1.165, 1.54) is 44.9 Å². The van der Waals surface area contributed by atoms with Crippen molar-refractivity contribution in [3.8, 4) is 0 Å². The lowest BCUT2D eigenvalue weighted by Crippen LogP contribution is -2.52. The molecule has 0 aliphatic heterocycles. The van der Waals surface area contributed by atoms with E-state index in [2.05, 4.69) is 29.8 Å². The van der Waals surface area contributed by atoms with Gasteiger partial charge in [0.25, 0.3) is 0 Å². The van der Waals surface area contributed by atoms with Crippen LogP contribution in [-0.2, 0) is 4.74 Å². The van der Waals surface area contributed by atoms with E-state index in [0.29, 0.717) is 12.0 Å². The minimum Gasteiger partial charge on any atom is -0.387 e. The van der Waals surface area contributed by atoms with Gasteiger partial charge in [0.2, 0.25) is 0 Å². The van der Waals surface area contributed by atoms with E-state index in [1.54, 1.807) is 0 Å². The molecule has 1 N–H and O–H groups in total. The number of alkyl halides is 1. The van der Waals surface area contributed by atoms with E-state index in [1.807, 2.05) is 6.92 Å². The van der Waals surface area contributed by atoms with E-state index in [9.17, 15) is 5.11 Å². The highest BCUT2D eigenvalue weighted by Crippen LogP contribution is 2.65. The van der Waals surface area contributed by atoms with Gasteiger partial charge in [-0.3, -0.25) is 0 Å². The highest BCUT2D eigenvalue weighted by atomic mass is 79.9. The normalized spacial score (nSPS) is 50.6. The second kappa shape index (κ2) is 7.91. The van der Waals surface area contributed by atoms with Crippen molar-refractivity contribution >= 4 is 15.9 Å². The summed E-state index contributed by atoms with van der Waals surface area (Å²) in [7, 11) is 0.